The van der Waals surface area contributed by atoms with Crippen LogP contribution in [0.1, 0.15) is 13.3 Å². The van der Waals surface area contributed by atoms with E-state index < -0.39 is 0 Å². The molecule has 0 saturated carbocycles. The summed E-state index contributed by atoms with van der Waals surface area (Å²) in [6.45, 7) is 2.06. The average molecular weight is 130 g/mol. The van der Waals surface area contributed by atoms with E-state index in [9.17, 15) is 0 Å². The van der Waals surface area contributed by atoms with Gasteiger partial charge in [0.1, 0.15) is 0 Å². The van der Waals surface area contributed by atoms with Gasteiger partial charge in [0, 0.05) is 18.6 Å². The predicted octanol–water partition coefficient (Wildman–Crippen LogP) is 1.69. The molecule has 0 N–H and O–H groups in total. The van der Waals surface area contributed by atoms with E-state index in [4.69, 9.17) is 0 Å². The second-order valence-electron chi connectivity index (χ2n) is 1.47. The molecule has 1 radical (unpaired) electrons. The fourth-order valence-electron chi connectivity index (χ4n) is 0.515. The van der Waals surface area contributed by atoms with Crippen molar-refractivity contribution < 1.29 is 18.6 Å². The molecule has 37 valence electrons. The standard InChI is InChI=1S/C6H7.V/c1-6-4-2-3-5-6;/h2,4H,3H2,1H3;/q-1;. The van der Waals surface area contributed by atoms with Crippen molar-refractivity contribution in [1.29, 1.82) is 0 Å². The molecule has 1 aliphatic carbocycles. The Morgan fingerprint density at radius 1 is 1.71 bits per heavy atom. The molecule has 1 aliphatic rings. The van der Waals surface area contributed by atoms with E-state index in [1.165, 1.54) is 5.57 Å². The Morgan fingerprint density at radius 2 is 2.43 bits per heavy atom. The zero-order valence-electron chi connectivity index (χ0n) is 4.31. The summed E-state index contributed by atoms with van der Waals surface area (Å²) in [5.74, 6) is 0. The maximum atomic E-state index is 3.12. The zero-order chi connectivity index (χ0) is 4.41. The van der Waals surface area contributed by atoms with Gasteiger partial charge in [-0.05, 0) is 0 Å². The van der Waals surface area contributed by atoms with Crippen molar-refractivity contribution in [3.63, 3.8) is 0 Å². The molecular weight excluding hydrogens is 123 g/mol. The van der Waals surface area contributed by atoms with E-state index in [0.717, 1.165) is 6.42 Å². The molecule has 0 aliphatic heterocycles. The third-order valence-electron chi connectivity index (χ3n) is 0.867. The maximum absolute atomic E-state index is 3.12. The van der Waals surface area contributed by atoms with Crippen LogP contribution in [0.5, 0.6) is 0 Å². The van der Waals surface area contributed by atoms with E-state index in [0.29, 0.717) is 0 Å². The van der Waals surface area contributed by atoms with E-state index >= 15 is 0 Å². The van der Waals surface area contributed by atoms with Crippen molar-refractivity contribution in [3.8, 4) is 0 Å². The first-order chi connectivity index (χ1) is 2.89. The molecule has 0 fully saturated rings. The van der Waals surface area contributed by atoms with E-state index in [-0.39, 0.29) is 18.6 Å². The van der Waals surface area contributed by atoms with Gasteiger partial charge in [0.05, 0.1) is 0 Å². The van der Waals surface area contributed by atoms with Crippen molar-refractivity contribution in [2.24, 2.45) is 0 Å². The van der Waals surface area contributed by atoms with Crippen LogP contribution >= 0.6 is 0 Å². The fourth-order valence-corrected chi connectivity index (χ4v) is 0.515. The first-order valence-electron chi connectivity index (χ1n) is 2.13. The molecule has 0 nitrogen and oxygen atoms in total. The molecule has 0 heterocycles. The van der Waals surface area contributed by atoms with Gasteiger partial charge in [0.25, 0.3) is 0 Å². The van der Waals surface area contributed by atoms with Gasteiger partial charge in [0.15, 0.2) is 0 Å². The fraction of sp³-hybridized carbons (Fsp3) is 0.333. The normalized spacial score (nSPS) is 15.9. The van der Waals surface area contributed by atoms with Gasteiger partial charge in [-0.3, -0.25) is 6.08 Å². The molecule has 0 spiro atoms. The van der Waals surface area contributed by atoms with Crippen molar-refractivity contribution in [2.45, 2.75) is 13.3 Å². The van der Waals surface area contributed by atoms with Crippen LogP contribution in [0.25, 0.3) is 0 Å². The molecule has 1 heteroatoms. The van der Waals surface area contributed by atoms with Crippen LogP contribution in [0.2, 0.25) is 0 Å². The van der Waals surface area contributed by atoms with Gasteiger partial charge in [0.2, 0.25) is 0 Å². The average Bonchev–Trinajstić information content (AvgIpc) is 1.86. The number of rotatable bonds is 0. The molecule has 0 aromatic carbocycles. The summed E-state index contributed by atoms with van der Waals surface area (Å²) in [6, 6.07) is 0. The zero-order valence-corrected chi connectivity index (χ0v) is 5.71. The van der Waals surface area contributed by atoms with Gasteiger partial charge in [-0.1, -0.05) is 6.92 Å². The monoisotopic (exact) mass is 130 g/mol. The Morgan fingerprint density at radius 3 is 2.57 bits per heavy atom. The van der Waals surface area contributed by atoms with E-state index in [1.54, 1.807) is 0 Å². The van der Waals surface area contributed by atoms with Crippen molar-refractivity contribution in [1.82, 2.24) is 0 Å². The quantitative estimate of drug-likeness (QED) is 0.438. The Hall–Kier alpha value is 0.0644. The number of hydrogen-bond donors (Lipinski definition) is 0. The molecule has 0 unspecified atom stereocenters. The molecule has 0 aromatic rings. The van der Waals surface area contributed by atoms with Crippen LogP contribution in [0, 0.1) is 6.08 Å². The summed E-state index contributed by atoms with van der Waals surface area (Å²) in [7, 11) is 0. The molecule has 0 bridgehead atoms. The topological polar surface area (TPSA) is 0 Å². The Bertz CT molecular complexity index is 98.0. The van der Waals surface area contributed by atoms with Gasteiger partial charge >= 0.3 is 0 Å². The van der Waals surface area contributed by atoms with E-state index in [2.05, 4.69) is 25.2 Å². The van der Waals surface area contributed by atoms with E-state index in [1.807, 2.05) is 0 Å². The third kappa shape index (κ3) is 2.01. The first-order valence-corrected chi connectivity index (χ1v) is 2.13. The number of hydrogen-bond acceptors (Lipinski definition) is 0. The van der Waals surface area contributed by atoms with Crippen molar-refractivity contribution in [2.75, 3.05) is 0 Å². The van der Waals surface area contributed by atoms with Crippen molar-refractivity contribution >= 4 is 0 Å². The van der Waals surface area contributed by atoms with Crippen LogP contribution in [-0.2, 0) is 18.6 Å². The summed E-state index contributed by atoms with van der Waals surface area (Å²) < 4.78 is 0. The minimum atomic E-state index is 0. The van der Waals surface area contributed by atoms with Crippen molar-refractivity contribution in [3.05, 3.63) is 23.8 Å². The van der Waals surface area contributed by atoms with Crippen LogP contribution < -0.4 is 0 Å². The van der Waals surface area contributed by atoms with Crippen LogP contribution in [0.3, 0.4) is 0 Å². The molecule has 0 atom stereocenters. The second kappa shape index (κ2) is 3.12. The molecule has 1 rings (SSSR count). The third-order valence-corrected chi connectivity index (χ3v) is 0.867. The van der Waals surface area contributed by atoms with Gasteiger partial charge in [-0.2, -0.15) is 6.08 Å². The van der Waals surface area contributed by atoms with Gasteiger partial charge < -0.3 is 0 Å². The van der Waals surface area contributed by atoms with Crippen LogP contribution in [-0.4, -0.2) is 0 Å². The maximum Gasteiger partial charge on any atom is 0 e. The Kier molecular flexibility index (Phi) is 3.15. The smallest absolute Gasteiger partial charge is 0 e. The summed E-state index contributed by atoms with van der Waals surface area (Å²) in [4.78, 5) is 0. The first kappa shape index (κ1) is 7.06. The Balaban J connectivity index is 0.000000360. The molecule has 0 saturated heterocycles. The molecule has 0 amide bonds. The van der Waals surface area contributed by atoms with Crippen LogP contribution in [0.15, 0.2) is 17.7 Å². The van der Waals surface area contributed by atoms with Crippen LogP contribution in [0.4, 0.5) is 0 Å². The summed E-state index contributed by atoms with van der Waals surface area (Å²) >= 11 is 0. The predicted molar refractivity (Wildman–Crippen MR) is 26.2 cm³/mol. The number of allylic oxidation sites excluding steroid dienone is 4. The minimum Gasteiger partial charge on any atom is -0.270 e. The van der Waals surface area contributed by atoms with Gasteiger partial charge in [-0.15, -0.1) is 6.42 Å². The molecule has 7 heavy (non-hydrogen) atoms. The molecule has 0 aromatic heterocycles. The Labute approximate surface area is 56.2 Å². The van der Waals surface area contributed by atoms with Gasteiger partial charge in [-0.25, -0.2) is 11.6 Å². The second-order valence-corrected chi connectivity index (χ2v) is 1.47. The molecular formula is C6H7V-. The summed E-state index contributed by atoms with van der Waals surface area (Å²) in [6.07, 6.45) is 8.33. The minimum absolute atomic E-state index is 0. The largest absolute Gasteiger partial charge is 0.270 e. The SMILES string of the molecule is CC1=[C-]CC=C1.[V]. The summed E-state index contributed by atoms with van der Waals surface area (Å²) in [5.41, 5.74) is 1.27. The summed E-state index contributed by atoms with van der Waals surface area (Å²) in [5, 5.41) is 0.